The molecule has 12 heavy (non-hydrogen) atoms. The van der Waals surface area contributed by atoms with Gasteiger partial charge in [0, 0.05) is 6.04 Å². The van der Waals surface area contributed by atoms with Gasteiger partial charge >= 0.3 is 0 Å². The monoisotopic (exact) mass is 186 g/mol. The van der Waals surface area contributed by atoms with E-state index >= 15 is 0 Å². The van der Waals surface area contributed by atoms with E-state index in [1.807, 2.05) is 30.3 Å². The van der Waals surface area contributed by atoms with Crippen LogP contribution in [0.15, 0.2) is 30.3 Å². The zero-order chi connectivity index (χ0) is 8.10. The molecular weight excluding hydrogens is 172 g/mol. The highest BCUT2D eigenvalue weighted by atomic mass is 35.5. The molecule has 0 saturated heterocycles. The molecule has 0 bridgehead atoms. The lowest BCUT2D eigenvalue weighted by atomic mass is 10.1. The lowest BCUT2D eigenvalue weighted by Gasteiger charge is -2.09. The van der Waals surface area contributed by atoms with Crippen LogP contribution in [0.2, 0.25) is 0 Å². The topological polar surface area (TPSA) is 52.0 Å². The van der Waals surface area contributed by atoms with Crippen LogP contribution in [0, 0.1) is 0 Å². The van der Waals surface area contributed by atoms with Gasteiger partial charge in [0.2, 0.25) is 0 Å². The minimum absolute atomic E-state index is 0. The molecule has 4 N–H and O–H groups in total. The molecule has 0 aliphatic rings. The molecule has 0 fully saturated rings. The molecule has 1 aromatic rings. The van der Waals surface area contributed by atoms with Crippen LogP contribution in [0.1, 0.15) is 18.0 Å². The van der Waals surface area contributed by atoms with E-state index in [1.165, 1.54) is 0 Å². The summed E-state index contributed by atoms with van der Waals surface area (Å²) >= 11 is 0. The predicted molar refractivity (Wildman–Crippen MR) is 54.3 cm³/mol. The van der Waals surface area contributed by atoms with Crippen molar-refractivity contribution in [2.75, 3.05) is 6.54 Å². The Morgan fingerprint density at radius 2 is 1.75 bits per heavy atom. The van der Waals surface area contributed by atoms with Crippen LogP contribution in [0.4, 0.5) is 0 Å². The van der Waals surface area contributed by atoms with Gasteiger partial charge in [-0.1, -0.05) is 30.3 Å². The van der Waals surface area contributed by atoms with Crippen molar-refractivity contribution in [2.24, 2.45) is 11.5 Å². The van der Waals surface area contributed by atoms with E-state index in [9.17, 15) is 0 Å². The first-order chi connectivity index (χ1) is 5.34. The fourth-order valence-electron chi connectivity index (χ4n) is 1.05. The van der Waals surface area contributed by atoms with E-state index in [-0.39, 0.29) is 18.4 Å². The Labute approximate surface area is 79.4 Å². The average molecular weight is 187 g/mol. The zero-order valence-electron chi connectivity index (χ0n) is 6.94. The second kappa shape index (κ2) is 6.00. The highest BCUT2D eigenvalue weighted by molar-refractivity contribution is 5.85. The maximum atomic E-state index is 5.83. The summed E-state index contributed by atoms with van der Waals surface area (Å²) in [6.07, 6.45) is 0.851. The first kappa shape index (κ1) is 11.4. The second-order valence-electron chi connectivity index (χ2n) is 2.59. The third-order valence-corrected chi connectivity index (χ3v) is 1.71. The van der Waals surface area contributed by atoms with Crippen LogP contribution in [-0.2, 0) is 0 Å². The van der Waals surface area contributed by atoms with Crippen LogP contribution in [0.5, 0.6) is 0 Å². The summed E-state index contributed by atoms with van der Waals surface area (Å²) in [5, 5.41) is 0. The second-order valence-corrected chi connectivity index (χ2v) is 2.59. The Morgan fingerprint density at radius 3 is 2.25 bits per heavy atom. The van der Waals surface area contributed by atoms with Crippen LogP contribution in [0.3, 0.4) is 0 Å². The lowest BCUT2D eigenvalue weighted by molar-refractivity contribution is 0.661. The summed E-state index contributed by atoms with van der Waals surface area (Å²) in [6.45, 7) is 0.649. The average Bonchev–Trinajstić information content (AvgIpc) is 2.07. The summed E-state index contributed by atoms with van der Waals surface area (Å²) in [6, 6.07) is 10.1. The van der Waals surface area contributed by atoms with E-state index in [2.05, 4.69) is 0 Å². The number of halogens is 1. The van der Waals surface area contributed by atoms with Gasteiger partial charge in [-0.25, -0.2) is 0 Å². The van der Waals surface area contributed by atoms with Crippen molar-refractivity contribution in [1.29, 1.82) is 0 Å². The van der Waals surface area contributed by atoms with Crippen molar-refractivity contribution in [3.63, 3.8) is 0 Å². The molecule has 0 amide bonds. The molecule has 1 aromatic carbocycles. The normalized spacial score (nSPS) is 11.8. The van der Waals surface area contributed by atoms with Crippen molar-refractivity contribution < 1.29 is 0 Å². The van der Waals surface area contributed by atoms with Crippen LogP contribution >= 0.6 is 12.4 Å². The fourth-order valence-corrected chi connectivity index (χ4v) is 1.05. The highest BCUT2D eigenvalue weighted by Gasteiger charge is 2.01. The maximum Gasteiger partial charge on any atom is 0.0306 e. The molecule has 0 saturated carbocycles. The SMILES string of the molecule is Cl.NCC[C@@H](N)c1ccccc1. The number of hydrogen-bond acceptors (Lipinski definition) is 2. The Morgan fingerprint density at radius 1 is 1.17 bits per heavy atom. The quantitative estimate of drug-likeness (QED) is 0.751. The molecule has 1 atom stereocenters. The standard InChI is InChI=1S/C9H14N2.ClH/c10-7-6-9(11)8-4-2-1-3-5-8;/h1-5,9H,6-7,10-11H2;1H/t9-;/m1./s1. The van der Waals surface area contributed by atoms with E-state index in [1.54, 1.807) is 0 Å². The van der Waals surface area contributed by atoms with Gasteiger partial charge in [-0.3, -0.25) is 0 Å². The number of rotatable bonds is 3. The van der Waals surface area contributed by atoms with Gasteiger partial charge in [0.1, 0.15) is 0 Å². The molecule has 3 heteroatoms. The van der Waals surface area contributed by atoms with Crippen molar-refractivity contribution in [3.05, 3.63) is 35.9 Å². The van der Waals surface area contributed by atoms with Crippen molar-refractivity contribution in [2.45, 2.75) is 12.5 Å². The maximum absolute atomic E-state index is 5.83. The summed E-state index contributed by atoms with van der Waals surface area (Å²) in [4.78, 5) is 0. The van der Waals surface area contributed by atoms with E-state index < -0.39 is 0 Å². The molecule has 2 nitrogen and oxygen atoms in total. The van der Waals surface area contributed by atoms with Gasteiger partial charge in [-0.15, -0.1) is 12.4 Å². The van der Waals surface area contributed by atoms with E-state index in [4.69, 9.17) is 11.5 Å². The Hall–Kier alpha value is -0.570. The van der Waals surface area contributed by atoms with E-state index in [0.29, 0.717) is 6.54 Å². The van der Waals surface area contributed by atoms with Gasteiger partial charge in [0.25, 0.3) is 0 Å². The van der Waals surface area contributed by atoms with Crippen molar-refractivity contribution in [3.8, 4) is 0 Å². The molecule has 0 aromatic heterocycles. The first-order valence-corrected chi connectivity index (χ1v) is 3.85. The highest BCUT2D eigenvalue weighted by Crippen LogP contribution is 2.11. The largest absolute Gasteiger partial charge is 0.330 e. The van der Waals surface area contributed by atoms with Gasteiger partial charge in [-0.2, -0.15) is 0 Å². The molecule has 0 aliphatic heterocycles. The molecule has 0 spiro atoms. The lowest BCUT2D eigenvalue weighted by Crippen LogP contribution is -2.14. The number of nitrogens with two attached hydrogens (primary N) is 2. The molecule has 0 heterocycles. The molecule has 68 valence electrons. The Kier molecular flexibility index (Phi) is 5.72. The fraction of sp³-hybridized carbons (Fsp3) is 0.333. The third-order valence-electron chi connectivity index (χ3n) is 1.71. The first-order valence-electron chi connectivity index (χ1n) is 3.85. The molecule has 1 rings (SSSR count). The third kappa shape index (κ3) is 3.22. The number of hydrogen-bond donors (Lipinski definition) is 2. The summed E-state index contributed by atoms with van der Waals surface area (Å²) in [5.41, 5.74) is 12.4. The van der Waals surface area contributed by atoms with Crippen molar-refractivity contribution in [1.82, 2.24) is 0 Å². The van der Waals surface area contributed by atoms with Crippen LogP contribution < -0.4 is 11.5 Å². The van der Waals surface area contributed by atoms with Gasteiger partial charge in [0.15, 0.2) is 0 Å². The molecule has 0 radical (unpaired) electrons. The van der Waals surface area contributed by atoms with E-state index in [0.717, 1.165) is 12.0 Å². The number of benzene rings is 1. The molecular formula is C9H15ClN2. The molecule has 0 aliphatic carbocycles. The summed E-state index contributed by atoms with van der Waals surface area (Å²) in [5.74, 6) is 0. The van der Waals surface area contributed by atoms with Crippen molar-refractivity contribution >= 4 is 12.4 Å². The molecule has 0 unspecified atom stereocenters. The smallest absolute Gasteiger partial charge is 0.0306 e. The van der Waals surface area contributed by atoms with Crippen LogP contribution in [-0.4, -0.2) is 6.54 Å². The zero-order valence-corrected chi connectivity index (χ0v) is 7.76. The summed E-state index contributed by atoms with van der Waals surface area (Å²) < 4.78 is 0. The predicted octanol–water partition coefficient (Wildman–Crippen LogP) is 1.46. The van der Waals surface area contributed by atoms with Gasteiger partial charge in [0.05, 0.1) is 0 Å². The minimum atomic E-state index is 0. The van der Waals surface area contributed by atoms with Gasteiger partial charge in [-0.05, 0) is 18.5 Å². The van der Waals surface area contributed by atoms with Crippen LogP contribution in [0.25, 0.3) is 0 Å². The summed E-state index contributed by atoms with van der Waals surface area (Å²) in [7, 11) is 0. The minimum Gasteiger partial charge on any atom is -0.330 e. The van der Waals surface area contributed by atoms with Gasteiger partial charge < -0.3 is 11.5 Å². The Balaban J connectivity index is 0.00000121. The Bertz CT molecular complexity index is 201.